The zero-order valence-electron chi connectivity index (χ0n) is 51.3. The highest BCUT2D eigenvalue weighted by Gasteiger charge is 2.69. The van der Waals surface area contributed by atoms with Crippen molar-refractivity contribution in [2.24, 2.45) is 46.3 Å². The zero-order chi connectivity index (χ0) is 59.4. The third-order valence-corrected chi connectivity index (χ3v) is 21.6. The van der Waals surface area contributed by atoms with Gasteiger partial charge in [-0.25, -0.2) is 0 Å². The quantitative estimate of drug-likeness (QED) is 0.0752. The molecule has 0 aromatic rings. The highest BCUT2D eigenvalue weighted by Crippen LogP contribution is 2.68. The second kappa shape index (κ2) is 25.0. The molecule has 3 saturated heterocycles. The van der Waals surface area contributed by atoms with E-state index in [1.807, 2.05) is 51.6 Å². The number of esters is 1. The minimum Gasteiger partial charge on any atom is -0.459 e. The lowest BCUT2D eigenvalue weighted by molar-refractivity contribution is -0.318. The van der Waals surface area contributed by atoms with Crippen LogP contribution in [0.3, 0.4) is 0 Å². The second-order valence-corrected chi connectivity index (χ2v) is 27.5. The van der Waals surface area contributed by atoms with E-state index >= 15 is 0 Å². The molecule has 5 unspecified atom stereocenters. The number of nitrogens with one attached hydrogen (secondary N) is 1. The maximum atomic E-state index is 14.8. The van der Waals surface area contributed by atoms with Crippen molar-refractivity contribution in [1.82, 2.24) is 15.1 Å². The number of carbonyl (C=O) groups excluding carboxylic acids is 3. The number of carbonyl (C=O) groups is 3. The van der Waals surface area contributed by atoms with Crippen molar-refractivity contribution in [1.29, 1.82) is 0 Å². The number of rotatable bonds is 13. The second-order valence-electron chi connectivity index (χ2n) is 27.5. The van der Waals surface area contributed by atoms with Crippen molar-refractivity contribution >= 4 is 17.7 Å². The summed E-state index contributed by atoms with van der Waals surface area (Å²) in [5, 5.41) is 76.2. The monoisotopic (exact) mass is 1140 g/mol. The predicted molar refractivity (Wildman–Crippen MR) is 299 cm³/mol. The molecule has 25 atom stereocenters. The lowest BCUT2D eigenvalue weighted by atomic mass is 9.46. The van der Waals surface area contributed by atoms with Crippen molar-refractivity contribution in [3.63, 3.8) is 0 Å². The fraction of sp³-hybridized carbons (Fsp3) is 0.918. The minimum absolute atomic E-state index is 0.00300. The van der Waals surface area contributed by atoms with E-state index in [2.05, 4.69) is 25.2 Å². The average molecular weight is 1140 g/mol. The maximum absolute atomic E-state index is 14.8. The van der Waals surface area contributed by atoms with Gasteiger partial charge in [-0.1, -0.05) is 46.3 Å². The Balaban J connectivity index is 1.16. The SMILES string of the molecule is CC[C@H]1OC(=O)[C@H](C)[C@@H](O[C@@H]2C[C@](C)(OC)[C@H](O)C(C)O2)[C@H](C)C(O[C@@H]2O[C@H](C)C[C@@H](N(C)C)[C@H]2O)[C@](C)(O)C[C@@H](C)CN(CCCNC(=O)[C@@]2(OC)CCC3C4CC=C5CC(=O)CC[C@]5(C)C4[C@@H](O)C[C@@]32C)[C@H](C)[C@@H](O)[C@]1(C)O. The number of allylic oxidation sites excluding steroid dienone is 2. The van der Waals surface area contributed by atoms with E-state index in [1.165, 1.54) is 14.0 Å². The highest BCUT2D eigenvalue weighted by atomic mass is 16.7. The van der Waals surface area contributed by atoms with Crippen LogP contribution in [0.1, 0.15) is 160 Å². The van der Waals surface area contributed by atoms with Crippen LogP contribution in [0.25, 0.3) is 0 Å². The van der Waals surface area contributed by atoms with E-state index in [0.717, 1.165) is 24.8 Å². The summed E-state index contributed by atoms with van der Waals surface area (Å²) in [6.45, 7) is 22.8. The van der Waals surface area contributed by atoms with Crippen LogP contribution in [0.15, 0.2) is 11.6 Å². The molecule has 3 aliphatic heterocycles. The lowest BCUT2D eigenvalue weighted by Gasteiger charge is -2.60. The van der Waals surface area contributed by atoms with Gasteiger partial charge < -0.3 is 74.0 Å². The number of fused-ring (bicyclic) bond motifs is 5. The van der Waals surface area contributed by atoms with Crippen LogP contribution >= 0.6 is 0 Å². The largest absolute Gasteiger partial charge is 0.459 e. The number of cyclic esters (lactones) is 1. The van der Waals surface area contributed by atoms with Crippen LogP contribution in [0.5, 0.6) is 0 Å². The van der Waals surface area contributed by atoms with Crippen LogP contribution in [0.2, 0.25) is 0 Å². The summed E-state index contributed by atoms with van der Waals surface area (Å²) in [6.07, 6.45) is -3.21. The van der Waals surface area contributed by atoms with E-state index in [0.29, 0.717) is 51.6 Å². The van der Waals surface area contributed by atoms with E-state index in [1.54, 1.807) is 41.7 Å². The van der Waals surface area contributed by atoms with Crippen LogP contribution in [0.4, 0.5) is 0 Å². The molecule has 0 bridgehead atoms. The van der Waals surface area contributed by atoms with Gasteiger partial charge in [0.1, 0.15) is 35.8 Å². The number of likely N-dealkylation sites (N-methyl/N-ethyl adjacent to an activating group) is 1. The molecule has 7 N–H and O–H groups in total. The van der Waals surface area contributed by atoms with E-state index in [4.69, 9.17) is 33.2 Å². The molecule has 19 nitrogen and oxygen atoms in total. The predicted octanol–water partition coefficient (Wildman–Crippen LogP) is 4.67. The van der Waals surface area contributed by atoms with E-state index in [-0.39, 0.29) is 78.7 Å². The van der Waals surface area contributed by atoms with Gasteiger partial charge in [0.2, 0.25) is 0 Å². The van der Waals surface area contributed by atoms with Gasteiger partial charge in [0.05, 0.1) is 47.6 Å². The average Bonchev–Trinajstić information content (AvgIpc) is 3.35. The Hall–Kier alpha value is -2.21. The molecule has 460 valence electrons. The van der Waals surface area contributed by atoms with Crippen LogP contribution in [-0.2, 0) is 47.5 Å². The minimum atomic E-state index is -1.96. The number of aliphatic hydroxyl groups excluding tert-OH is 4. The van der Waals surface area contributed by atoms with Crippen molar-refractivity contribution in [2.75, 3.05) is 47.9 Å². The first kappa shape index (κ1) is 65.3. The molecule has 1 amide bonds. The Morgan fingerprint density at radius 1 is 0.900 bits per heavy atom. The van der Waals surface area contributed by atoms with Crippen molar-refractivity contribution in [3.05, 3.63) is 11.6 Å². The third-order valence-electron chi connectivity index (χ3n) is 21.6. The van der Waals surface area contributed by atoms with Crippen LogP contribution < -0.4 is 5.32 Å². The van der Waals surface area contributed by atoms with Gasteiger partial charge in [-0.15, -0.1) is 0 Å². The third kappa shape index (κ3) is 12.3. The molecule has 4 aliphatic carbocycles. The topological polar surface area (TPSA) is 256 Å². The number of aliphatic hydroxyl groups is 6. The number of nitrogens with zero attached hydrogens (tertiary/aromatic N) is 2. The van der Waals surface area contributed by atoms with E-state index in [9.17, 15) is 45.0 Å². The van der Waals surface area contributed by atoms with Gasteiger partial charge >= 0.3 is 5.97 Å². The number of amides is 1. The van der Waals surface area contributed by atoms with Gasteiger partial charge in [0.25, 0.3) is 5.91 Å². The lowest BCUT2D eigenvalue weighted by Crippen LogP contribution is -2.64. The number of hydrogen-bond donors (Lipinski definition) is 7. The summed E-state index contributed by atoms with van der Waals surface area (Å²) in [4.78, 5) is 46.0. The Morgan fingerprint density at radius 3 is 2.23 bits per heavy atom. The summed E-state index contributed by atoms with van der Waals surface area (Å²) < 4.78 is 44.8. The molecule has 6 fully saturated rings. The van der Waals surface area contributed by atoms with Gasteiger partial charge in [0.15, 0.2) is 18.2 Å². The fourth-order valence-corrected chi connectivity index (χ4v) is 16.9. The Morgan fingerprint density at radius 2 is 1.59 bits per heavy atom. The number of hydrogen-bond acceptors (Lipinski definition) is 18. The Kier molecular flexibility index (Phi) is 20.4. The number of methoxy groups -OCH3 is 2. The molecule has 0 radical (unpaired) electrons. The summed E-state index contributed by atoms with van der Waals surface area (Å²) in [5.74, 6) is -2.70. The van der Waals surface area contributed by atoms with Crippen molar-refractivity contribution in [2.45, 2.75) is 262 Å². The van der Waals surface area contributed by atoms with Crippen LogP contribution in [-0.4, -0.2) is 208 Å². The molecule has 0 spiro atoms. The summed E-state index contributed by atoms with van der Waals surface area (Å²) >= 11 is 0. The van der Waals surface area contributed by atoms with Gasteiger partial charge in [-0.3, -0.25) is 19.3 Å². The van der Waals surface area contributed by atoms with E-state index < -0.39 is 113 Å². The van der Waals surface area contributed by atoms with Crippen LogP contribution in [0, 0.1) is 46.3 Å². The van der Waals surface area contributed by atoms with Crippen molar-refractivity contribution in [3.8, 4) is 0 Å². The maximum Gasteiger partial charge on any atom is 0.311 e. The summed E-state index contributed by atoms with van der Waals surface area (Å²) in [7, 11) is 6.85. The van der Waals surface area contributed by atoms with Gasteiger partial charge in [-0.2, -0.15) is 0 Å². The zero-order valence-corrected chi connectivity index (χ0v) is 51.3. The number of ether oxygens (including phenoxy) is 7. The molecule has 0 aromatic carbocycles. The highest BCUT2D eigenvalue weighted by molar-refractivity contribution is 5.87. The molecule has 3 heterocycles. The standard InChI is InChI=1S/C61H105N3O16/c1-17-45-60(12,73)50(68)37(6)64(26-18-25-62-55(71)61(75-16)24-22-42-41-20-19-39-28-40(65)21-23-56(39,8)47(41)44(66)30-57(42,61)9)32-33(2)29-58(10,72)52(80-54-48(67)43(63(13)14)27-34(3)76-54)35(4)49(36(5)53(70)78-45)79-46-31-59(11,74-15)51(69)38(7)77-46/h19,33-38,41-52,54,66-69,72-73H,17-18,20-32H2,1-16H3,(H,62,71)/t33-,34-,35+,36-,37-,38?,41?,42?,43-,44+,45-,46-,47?,48-,49+,50-,51-,52?,54+,56+,57+,58-,59+,60-,61+/m1/s1. The molecule has 7 rings (SSSR count). The first-order valence-corrected chi connectivity index (χ1v) is 30.3. The first-order chi connectivity index (χ1) is 37.3. The summed E-state index contributed by atoms with van der Waals surface area (Å²) in [5.41, 5.74) is -5.69. The normalized spacial score (nSPS) is 49.1. The van der Waals surface area contributed by atoms with Crippen molar-refractivity contribution < 1.29 is 78.2 Å². The van der Waals surface area contributed by atoms with Gasteiger partial charge in [-0.05, 0) is 149 Å². The molecular formula is C61H105N3O16. The molecular weight excluding hydrogens is 1030 g/mol. The molecule has 0 aromatic heterocycles. The number of Topliss-reactive ketones (excluding diaryl/α,β-unsaturated/α-hetero) is 1. The first-order valence-electron chi connectivity index (χ1n) is 30.3. The Bertz CT molecular complexity index is 2180. The number of ketones is 1. The Labute approximate surface area is 477 Å². The molecule has 7 aliphatic rings. The smallest absolute Gasteiger partial charge is 0.311 e. The summed E-state index contributed by atoms with van der Waals surface area (Å²) in [6, 6.07) is -1.07. The molecule has 80 heavy (non-hydrogen) atoms. The van der Waals surface area contributed by atoms with Gasteiger partial charge in [0, 0.05) is 76.5 Å². The fourth-order valence-electron chi connectivity index (χ4n) is 16.9. The molecule has 3 saturated carbocycles. The molecule has 19 heteroatoms.